The Bertz CT molecular complexity index is 1470. The summed E-state index contributed by atoms with van der Waals surface area (Å²) in [4.78, 5) is 30.6. The van der Waals surface area contributed by atoms with Gasteiger partial charge in [-0.15, -0.1) is 0 Å². The predicted molar refractivity (Wildman–Crippen MR) is 128 cm³/mol. The second-order valence-electron chi connectivity index (χ2n) is 7.31. The van der Waals surface area contributed by atoms with Crippen molar-refractivity contribution in [1.82, 2.24) is 18.7 Å². The molecule has 2 aromatic heterocycles. The first-order valence-corrected chi connectivity index (χ1v) is 10.5. The van der Waals surface area contributed by atoms with Crippen molar-refractivity contribution in [3.63, 3.8) is 0 Å². The summed E-state index contributed by atoms with van der Waals surface area (Å²) in [7, 11) is 3.26. The molecule has 0 atom stereocenters. The van der Waals surface area contributed by atoms with E-state index in [0.29, 0.717) is 21.6 Å². The lowest BCUT2D eigenvalue weighted by atomic mass is 10.1. The Balaban J connectivity index is 1.77. The first kappa shape index (κ1) is 21.9. The lowest BCUT2D eigenvalue weighted by molar-refractivity contribution is 0.655. The highest BCUT2D eigenvalue weighted by molar-refractivity contribution is 6.35. The average Bonchev–Trinajstić information content (AvgIpc) is 3.12. The summed E-state index contributed by atoms with van der Waals surface area (Å²) in [5.41, 5.74) is 4.77. The summed E-state index contributed by atoms with van der Waals surface area (Å²) in [6.07, 6.45) is 0. The van der Waals surface area contributed by atoms with Gasteiger partial charge in [0.25, 0.3) is 5.56 Å². The molecule has 0 aliphatic carbocycles. The van der Waals surface area contributed by atoms with Gasteiger partial charge in [-0.25, -0.2) is 10.2 Å². The normalized spacial score (nSPS) is 11.8. The highest BCUT2D eigenvalue weighted by Crippen LogP contribution is 2.21. The molecule has 164 valence electrons. The summed E-state index contributed by atoms with van der Waals surface area (Å²) < 4.78 is 4.04. The fourth-order valence-electron chi connectivity index (χ4n) is 3.38. The number of hydrogen-bond donors (Lipinski definition) is 1. The van der Waals surface area contributed by atoms with Crippen molar-refractivity contribution in [3.05, 3.63) is 90.5 Å². The number of benzene rings is 2. The number of anilines is 1. The van der Waals surface area contributed by atoms with Crippen LogP contribution < -0.4 is 16.7 Å². The van der Waals surface area contributed by atoms with Crippen LogP contribution in [0.5, 0.6) is 0 Å². The highest BCUT2D eigenvalue weighted by Gasteiger charge is 2.19. The molecule has 10 heteroatoms. The van der Waals surface area contributed by atoms with Gasteiger partial charge in [-0.2, -0.15) is 10.1 Å². The van der Waals surface area contributed by atoms with E-state index in [1.165, 1.54) is 4.57 Å². The van der Waals surface area contributed by atoms with Crippen molar-refractivity contribution in [2.75, 3.05) is 5.43 Å². The van der Waals surface area contributed by atoms with E-state index in [4.69, 9.17) is 23.2 Å². The van der Waals surface area contributed by atoms with Crippen LogP contribution in [0.3, 0.4) is 0 Å². The minimum Gasteiger partial charge on any atom is -0.306 e. The van der Waals surface area contributed by atoms with Gasteiger partial charge in [-0.3, -0.25) is 13.9 Å². The number of halogens is 2. The smallest absolute Gasteiger partial charge is 0.306 e. The molecular weight excluding hydrogens is 451 g/mol. The van der Waals surface area contributed by atoms with E-state index in [0.717, 1.165) is 15.8 Å². The Hall–Kier alpha value is -3.36. The second-order valence-corrected chi connectivity index (χ2v) is 8.15. The summed E-state index contributed by atoms with van der Waals surface area (Å²) in [5.74, 6) is 0.338. The Morgan fingerprint density at radius 1 is 1.06 bits per heavy atom. The van der Waals surface area contributed by atoms with E-state index in [1.54, 1.807) is 36.9 Å². The Kier molecular flexibility index (Phi) is 5.90. The van der Waals surface area contributed by atoms with Crippen LogP contribution in [0.15, 0.2) is 63.2 Å². The number of rotatable bonds is 5. The Morgan fingerprint density at radius 3 is 2.47 bits per heavy atom. The van der Waals surface area contributed by atoms with E-state index < -0.39 is 11.2 Å². The van der Waals surface area contributed by atoms with E-state index in [9.17, 15) is 9.59 Å². The molecular formula is C22H20Cl2N6O2. The van der Waals surface area contributed by atoms with Crippen molar-refractivity contribution in [2.24, 2.45) is 19.2 Å². The third kappa shape index (κ3) is 3.94. The summed E-state index contributed by atoms with van der Waals surface area (Å²) >= 11 is 12.2. The molecule has 4 rings (SSSR count). The minimum atomic E-state index is -0.498. The van der Waals surface area contributed by atoms with Gasteiger partial charge in [-0.05, 0) is 30.2 Å². The van der Waals surface area contributed by atoms with Crippen LogP contribution in [0, 0.1) is 0 Å². The van der Waals surface area contributed by atoms with Crippen LogP contribution >= 0.6 is 23.2 Å². The SMILES string of the molecule is C/C(=N/Nc1nc2c(c(=O)n(Cc3ccc(Cl)cc3Cl)c(=O)n2C)n1C)c1ccccc1. The van der Waals surface area contributed by atoms with Gasteiger partial charge in [0.2, 0.25) is 5.95 Å². The summed E-state index contributed by atoms with van der Waals surface area (Å²) in [5, 5.41) is 5.22. The molecule has 0 bridgehead atoms. The highest BCUT2D eigenvalue weighted by atomic mass is 35.5. The molecule has 0 spiro atoms. The molecule has 0 unspecified atom stereocenters. The molecule has 8 nitrogen and oxygen atoms in total. The molecule has 0 saturated carbocycles. The Morgan fingerprint density at radius 2 is 1.78 bits per heavy atom. The lowest BCUT2D eigenvalue weighted by Crippen LogP contribution is -2.39. The number of aryl methyl sites for hydroxylation is 2. The molecule has 0 fully saturated rings. The molecule has 2 aromatic carbocycles. The molecule has 0 saturated heterocycles. The number of hydrazone groups is 1. The zero-order valence-corrected chi connectivity index (χ0v) is 19.1. The third-order valence-corrected chi connectivity index (χ3v) is 5.81. The predicted octanol–water partition coefficient (Wildman–Crippen LogP) is 3.62. The van der Waals surface area contributed by atoms with E-state index in [-0.39, 0.29) is 17.7 Å². The molecule has 4 aromatic rings. The number of nitrogens with one attached hydrogen (secondary N) is 1. The van der Waals surface area contributed by atoms with E-state index >= 15 is 0 Å². The van der Waals surface area contributed by atoms with Crippen molar-refractivity contribution in [1.29, 1.82) is 0 Å². The fraction of sp³-hybridized carbons (Fsp3) is 0.182. The van der Waals surface area contributed by atoms with Gasteiger partial charge in [0.15, 0.2) is 11.2 Å². The molecule has 0 aliphatic rings. The zero-order valence-electron chi connectivity index (χ0n) is 17.6. The van der Waals surface area contributed by atoms with Gasteiger partial charge in [-0.1, -0.05) is 59.6 Å². The summed E-state index contributed by atoms with van der Waals surface area (Å²) in [6, 6.07) is 14.6. The quantitative estimate of drug-likeness (QED) is 0.356. The first-order valence-electron chi connectivity index (χ1n) is 9.74. The molecule has 32 heavy (non-hydrogen) atoms. The molecule has 0 radical (unpaired) electrons. The first-order chi connectivity index (χ1) is 15.3. The van der Waals surface area contributed by atoms with Crippen LogP contribution in [0.1, 0.15) is 18.1 Å². The molecule has 0 amide bonds. The maximum absolute atomic E-state index is 13.2. The average molecular weight is 471 g/mol. The number of aromatic nitrogens is 4. The van der Waals surface area contributed by atoms with Gasteiger partial charge >= 0.3 is 5.69 Å². The molecule has 0 aliphatic heterocycles. The van der Waals surface area contributed by atoms with Gasteiger partial charge in [0.05, 0.1) is 12.3 Å². The van der Waals surface area contributed by atoms with Crippen LogP contribution in [0.25, 0.3) is 11.2 Å². The third-order valence-electron chi connectivity index (χ3n) is 5.22. The van der Waals surface area contributed by atoms with Crippen LogP contribution in [0.2, 0.25) is 10.0 Å². The van der Waals surface area contributed by atoms with Crippen LogP contribution in [-0.2, 0) is 20.6 Å². The van der Waals surface area contributed by atoms with E-state index in [1.807, 2.05) is 37.3 Å². The standard InChI is InChI=1S/C22H20Cl2N6O2/c1-13(14-7-5-4-6-8-14)26-27-21-25-19-18(28(21)2)20(31)30(22(32)29(19)3)12-15-9-10-16(23)11-17(15)24/h4-11H,12H2,1-3H3,(H,25,27)/b26-13-. The minimum absolute atomic E-state index is 0.0106. The molecule has 2 heterocycles. The monoisotopic (exact) mass is 470 g/mol. The largest absolute Gasteiger partial charge is 0.332 e. The second kappa shape index (κ2) is 8.64. The number of hydrogen-bond acceptors (Lipinski definition) is 5. The number of fused-ring (bicyclic) bond motifs is 1. The zero-order chi connectivity index (χ0) is 23.0. The maximum Gasteiger partial charge on any atom is 0.332 e. The van der Waals surface area contributed by atoms with Crippen molar-refractivity contribution in [3.8, 4) is 0 Å². The topological polar surface area (TPSA) is 86.2 Å². The number of nitrogens with zero attached hydrogens (tertiary/aromatic N) is 5. The van der Waals surface area contributed by atoms with Gasteiger partial charge in [0, 0.05) is 24.1 Å². The van der Waals surface area contributed by atoms with Crippen LogP contribution in [-0.4, -0.2) is 24.4 Å². The van der Waals surface area contributed by atoms with Crippen molar-refractivity contribution >= 4 is 46.0 Å². The fourth-order valence-corrected chi connectivity index (χ4v) is 3.85. The van der Waals surface area contributed by atoms with Gasteiger partial charge < -0.3 is 4.57 Å². The number of imidazole rings is 1. The van der Waals surface area contributed by atoms with Gasteiger partial charge in [0.1, 0.15) is 0 Å². The lowest BCUT2D eigenvalue weighted by Gasteiger charge is -2.10. The van der Waals surface area contributed by atoms with E-state index in [2.05, 4.69) is 15.5 Å². The Labute approximate surface area is 193 Å². The molecule has 1 N–H and O–H groups in total. The maximum atomic E-state index is 13.2. The van der Waals surface area contributed by atoms with Crippen molar-refractivity contribution in [2.45, 2.75) is 13.5 Å². The van der Waals surface area contributed by atoms with Crippen molar-refractivity contribution < 1.29 is 0 Å². The summed E-state index contributed by atoms with van der Waals surface area (Å²) in [6.45, 7) is 1.88. The van der Waals surface area contributed by atoms with Crippen LogP contribution in [0.4, 0.5) is 5.95 Å².